The highest BCUT2D eigenvalue weighted by Crippen LogP contribution is 2.12. The van der Waals surface area contributed by atoms with Crippen LogP contribution in [-0.2, 0) is 4.79 Å². The number of benzene rings is 2. The molecular weight excluding hydrogens is 312 g/mol. The maximum atomic E-state index is 11.9. The fraction of sp³-hybridized carbons (Fsp3) is 0.176. The summed E-state index contributed by atoms with van der Waals surface area (Å²) in [6.07, 6.45) is 0. The molecule has 0 aliphatic carbocycles. The van der Waals surface area contributed by atoms with Crippen LogP contribution in [0.4, 0.5) is 0 Å². The standard InChI is InChI=1S/C17H18N2O3S/c20-16(12-22-13-6-2-1-3-7-13)18-10-11-19-17(21)14-8-4-5-9-15(14)23/h1-9,23H,10-12H2,(H,18,20)(H,19,21). The van der Waals surface area contributed by atoms with Crippen LogP contribution in [0, 0.1) is 0 Å². The van der Waals surface area contributed by atoms with E-state index in [1.807, 2.05) is 24.3 Å². The first kappa shape index (κ1) is 16.9. The molecule has 2 N–H and O–H groups in total. The second kappa shape index (κ2) is 8.85. The Hall–Kier alpha value is -2.47. The monoisotopic (exact) mass is 330 g/mol. The van der Waals surface area contributed by atoms with Crippen LogP contribution in [0.3, 0.4) is 0 Å². The number of para-hydroxylation sites is 1. The van der Waals surface area contributed by atoms with Crippen LogP contribution in [0.15, 0.2) is 59.5 Å². The number of hydrogen-bond donors (Lipinski definition) is 3. The van der Waals surface area contributed by atoms with E-state index in [9.17, 15) is 9.59 Å². The summed E-state index contributed by atoms with van der Waals surface area (Å²) >= 11 is 4.23. The van der Waals surface area contributed by atoms with Crippen molar-refractivity contribution in [1.29, 1.82) is 0 Å². The molecule has 6 heteroatoms. The van der Waals surface area contributed by atoms with Gasteiger partial charge in [-0.1, -0.05) is 30.3 Å². The maximum Gasteiger partial charge on any atom is 0.258 e. The van der Waals surface area contributed by atoms with Crippen LogP contribution in [0.2, 0.25) is 0 Å². The molecule has 0 saturated carbocycles. The van der Waals surface area contributed by atoms with E-state index in [-0.39, 0.29) is 18.4 Å². The summed E-state index contributed by atoms with van der Waals surface area (Å²) in [4.78, 5) is 24.2. The topological polar surface area (TPSA) is 67.4 Å². The Morgan fingerprint density at radius 3 is 2.30 bits per heavy atom. The van der Waals surface area contributed by atoms with E-state index < -0.39 is 0 Å². The van der Waals surface area contributed by atoms with Crippen LogP contribution in [0.1, 0.15) is 10.4 Å². The van der Waals surface area contributed by atoms with Crippen LogP contribution < -0.4 is 15.4 Å². The molecule has 2 aromatic rings. The smallest absolute Gasteiger partial charge is 0.258 e. The lowest BCUT2D eigenvalue weighted by molar-refractivity contribution is -0.123. The van der Waals surface area contributed by atoms with Crippen molar-refractivity contribution in [3.05, 3.63) is 60.2 Å². The van der Waals surface area contributed by atoms with Gasteiger partial charge in [-0.25, -0.2) is 0 Å². The van der Waals surface area contributed by atoms with Gasteiger partial charge in [-0.15, -0.1) is 12.6 Å². The molecule has 0 atom stereocenters. The highest BCUT2D eigenvalue weighted by atomic mass is 32.1. The van der Waals surface area contributed by atoms with Crippen molar-refractivity contribution in [1.82, 2.24) is 10.6 Å². The fourth-order valence-electron chi connectivity index (χ4n) is 1.86. The summed E-state index contributed by atoms with van der Waals surface area (Å²) in [6.45, 7) is 0.604. The van der Waals surface area contributed by atoms with Crippen molar-refractivity contribution in [2.45, 2.75) is 4.90 Å². The summed E-state index contributed by atoms with van der Waals surface area (Å²) in [5.74, 6) is 0.185. The van der Waals surface area contributed by atoms with E-state index >= 15 is 0 Å². The lowest BCUT2D eigenvalue weighted by Gasteiger charge is -2.09. The molecule has 0 saturated heterocycles. The highest BCUT2D eigenvalue weighted by Gasteiger charge is 2.08. The largest absolute Gasteiger partial charge is 0.484 e. The van der Waals surface area contributed by atoms with Crippen molar-refractivity contribution in [2.24, 2.45) is 0 Å². The van der Waals surface area contributed by atoms with Crippen molar-refractivity contribution >= 4 is 24.4 Å². The van der Waals surface area contributed by atoms with Gasteiger partial charge in [0, 0.05) is 18.0 Å². The van der Waals surface area contributed by atoms with E-state index in [0.717, 1.165) is 0 Å². The average Bonchev–Trinajstić information content (AvgIpc) is 2.58. The molecule has 0 radical (unpaired) electrons. The number of rotatable bonds is 7. The van der Waals surface area contributed by atoms with E-state index in [1.165, 1.54) is 0 Å². The summed E-state index contributed by atoms with van der Waals surface area (Å²) in [7, 11) is 0. The number of nitrogens with one attached hydrogen (secondary N) is 2. The van der Waals surface area contributed by atoms with Crippen molar-refractivity contribution in [2.75, 3.05) is 19.7 Å². The Morgan fingerprint density at radius 2 is 1.57 bits per heavy atom. The minimum Gasteiger partial charge on any atom is -0.484 e. The maximum absolute atomic E-state index is 11.9. The summed E-state index contributed by atoms with van der Waals surface area (Å²) < 4.78 is 5.32. The lowest BCUT2D eigenvalue weighted by Crippen LogP contribution is -2.36. The van der Waals surface area contributed by atoms with Gasteiger partial charge in [0.05, 0.1) is 5.56 Å². The van der Waals surface area contributed by atoms with Gasteiger partial charge in [0.2, 0.25) is 0 Å². The molecule has 0 bridgehead atoms. The molecule has 2 rings (SSSR count). The van der Waals surface area contributed by atoms with E-state index in [0.29, 0.717) is 29.3 Å². The molecule has 23 heavy (non-hydrogen) atoms. The number of hydrogen-bond acceptors (Lipinski definition) is 4. The molecule has 0 aliphatic rings. The zero-order valence-electron chi connectivity index (χ0n) is 12.5. The molecular formula is C17H18N2O3S. The van der Waals surface area contributed by atoms with Gasteiger partial charge in [0.1, 0.15) is 5.75 Å². The molecule has 120 valence electrons. The molecule has 2 amide bonds. The predicted molar refractivity (Wildman–Crippen MR) is 91.0 cm³/mol. The minimum absolute atomic E-state index is 0.0581. The Morgan fingerprint density at radius 1 is 0.913 bits per heavy atom. The van der Waals surface area contributed by atoms with Crippen LogP contribution >= 0.6 is 12.6 Å². The number of carbonyl (C=O) groups excluding carboxylic acids is 2. The van der Waals surface area contributed by atoms with Gasteiger partial charge >= 0.3 is 0 Å². The third-order valence-corrected chi connectivity index (χ3v) is 3.38. The van der Waals surface area contributed by atoms with Gasteiger partial charge in [-0.2, -0.15) is 0 Å². The number of ether oxygens (including phenoxy) is 1. The molecule has 0 heterocycles. The van der Waals surface area contributed by atoms with Gasteiger partial charge in [0.15, 0.2) is 6.61 Å². The van der Waals surface area contributed by atoms with Gasteiger partial charge in [0.25, 0.3) is 11.8 Å². The lowest BCUT2D eigenvalue weighted by atomic mass is 10.2. The third kappa shape index (κ3) is 5.67. The Bertz CT molecular complexity index is 662. The highest BCUT2D eigenvalue weighted by molar-refractivity contribution is 7.80. The zero-order chi connectivity index (χ0) is 16.5. The SMILES string of the molecule is O=C(COc1ccccc1)NCCNC(=O)c1ccccc1S. The molecule has 0 aromatic heterocycles. The second-order valence-corrected chi connectivity index (χ2v) is 5.21. The molecule has 0 fully saturated rings. The first-order valence-corrected chi connectivity index (χ1v) is 7.62. The summed E-state index contributed by atoms with van der Waals surface area (Å²) in [5.41, 5.74) is 0.509. The van der Waals surface area contributed by atoms with Crippen molar-refractivity contribution in [3.63, 3.8) is 0 Å². The first-order valence-electron chi connectivity index (χ1n) is 7.17. The third-order valence-electron chi connectivity index (χ3n) is 2.99. The van der Waals surface area contributed by atoms with Crippen LogP contribution in [-0.4, -0.2) is 31.5 Å². The molecule has 0 spiro atoms. The summed E-state index contributed by atoms with van der Waals surface area (Å²) in [6, 6.07) is 16.1. The molecule has 0 unspecified atom stereocenters. The van der Waals surface area contributed by atoms with Crippen LogP contribution in [0.25, 0.3) is 0 Å². The summed E-state index contributed by atoms with van der Waals surface area (Å²) in [5, 5.41) is 5.40. The number of carbonyl (C=O) groups is 2. The van der Waals surface area contributed by atoms with Gasteiger partial charge < -0.3 is 15.4 Å². The van der Waals surface area contributed by atoms with Crippen LogP contribution in [0.5, 0.6) is 5.75 Å². The molecule has 0 aliphatic heterocycles. The van der Waals surface area contributed by atoms with E-state index in [2.05, 4.69) is 23.3 Å². The Labute approximate surface area is 140 Å². The van der Waals surface area contributed by atoms with Gasteiger partial charge in [-0.3, -0.25) is 9.59 Å². The fourth-order valence-corrected chi connectivity index (χ4v) is 2.12. The van der Waals surface area contributed by atoms with E-state index in [1.54, 1.807) is 30.3 Å². The number of amides is 2. The quantitative estimate of drug-likeness (QED) is 0.536. The molecule has 2 aromatic carbocycles. The number of thiol groups is 1. The van der Waals surface area contributed by atoms with Gasteiger partial charge in [-0.05, 0) is 24.3 Å². The average molecular weight is 330 g/mol. The Balaban J connectivity index is 1.64. The van der Waals surface area contributed by atoms with Crippen molar-refractivity contribution < 1.29 is 14.3 Å². The predicted octanol–water partition coefficient (Wildman–Crippen LogP) is 1.90. The first-order chi connectivity index (χ1) is 11.2. The molecule has 5 nitrogen and oxygen atoms in total. The normalized spacial score (nSPS) is 9.96. The van der Waals surface area contributed by atoms with Crippen molar-refractivity contribution in [3.8, 4) is 5.75 Å². The minimum atomic E-state index is -0.238. The Kier molecular flexibility index (Phi) is 6.50. The second-order valence-electron chi connectivity index (χ2n) is 4.72. The van der Waals surface area contributed by atoms with E-state index in [4.69, 9.17) is 4.74 Å². The zero-order valence-corrected chi connectivity index (χ0v) is 13.4.